The number of rotatable bonds is 3. The molecule has 0 saturated carbocycles. The lowest BCUT2D eigenvalue weighted by atomic mass is 9.80. The van der Waals surface area contributed by atoms with E-state index in [1.165, 1.54) is 5.56 Å². The van der Waals surface area contributed by atoms with Crippen molar-refractivity contribution in [2.24, 2.45) is 0 Å². The zero-order valence-electron chi connectivity index (χ0n) is 12.0. The Morgan fingerprint density at radius 3 is 2.79 bits per heavy atom. The predicted octanol–water partition coefficient (Wildman–Crippen LogP) is 3.65. The lowest BCUT2D eigenvalue weighted by molar-refractivity contribution is -0.0809. The maximum absolute atomic E-state index is 9.65. The van der Waals surface area contributed by atoms with Gasteiger partial charge in [0.2, 0.25) is 0 Å². The fraction of sp³-hybridized carbons (Fsp3) is 0.562. The van der Waals surface area contributed by atoms with Crippen LogP contribution in [-0.4, -0.2) is 17.7 Å². The van der Waals surface area contributed by atoms with Gasteiger partial charge in [-0.2, -0.15) is 5.26 Å². The van der Waals surface area contributed by atoms with E-state index >= 15 is 0 Å². The highest BCUT2D eigenvalue weighted by molar-refractivity contribution is 5.54. The van der Waals surface area contributed by atoms with Crippen LogP contribution >= 0.6 is 0 Å². The molecule has 1 saturated heterocycles. The average Bonchev–Trinajstić information content (AvgIpc) is 2.42. The largest absolute Gasteiger partial charge is 0.375 e. The number of ether oxygens (including phenoxy) is 1. The molecule has 102 valence electrons. The number of aryl methyl sites for hydroxylation is 1. The van der Waals surface area contributed by atoms with Gasteiger partial charge < -0.3 is 10.1 Å². The first-order valence-corrected chi connectivity index (χ1v) is 6.92. The van der Waals surface area contributed by atoms with Crippen LogP contribution in [0.5, 0.6) is 0 Å². The summed E-state index contributed by atoms with van der Waals surface area (Å²) in [5.41, 5.74) is 1.49. The quantitative estimate of drug-likeness (QED) is 0.900. The first kappa shape index (κ1) is 13.9. The molecule has 1 aromatic rings. The van der Waals surface area contributed by atoms with Crippen molar-refractivity contribution in [3.8, 4) is 6.07 Å². The van der Waals surface area contributed by atoms with E-state index < -0.39 is 5.54 Å². The molecule has 1 aromatic carbocycles. The van der Waals surface area contributed by atoms with Crippen LogP contribution < -0.4 is 5.32 Å². The van der Waals surface area contributed by atoms with Crippen LogP contribution in [-0.2, 0) is 4.74 Å². The number of nitriles is 1. The Morgan fingerprint density at radius 1 is 1.42 bits per heavy atom. The highest BCUT2D eigenvalue weighted by atomic mass is 16.5. The van der Waals surface area contributed by atoms with Crippen molar-refractivity contribution in [1.82, 2.24) is 0 Å². The highest BCUT2D eigenvalue weighted by Gasteiger charge is 2.43. The van der Waals surface area contributed by atoms with E-state index in [0.717, 1.165) is 24.9 Å². The summed E-state index contributed by atoms with van der Waals surface area (Å²) in [7, 11) is 0. The van der Waals surface area contributed by atoms with Gasteiger partial charge in [-0.3, -0.25) is 0 Å². The van der Waals surface area contributed by atoms with Crippen molar-refractivity contribution in [2.45, 2.75) is 51.2 Å². The van der Waals surface area contributed by atoms with Crippen LogP contribution in [0.1, 0.15) is 38.7 Å². The summed E-state index contributed by atoms with van der Waals surface area (Å²) in [6.45, 7) is 6.90. The second kappa shape index (κ2) is 5.22. The molecule has 0 amide bonds. The van der Waals surface area contributed by atoms with Crippen LogP contribution in [0.25, 0.3) is 0 Å². The van der Waals surface area contributed by atoms with Gasteiger partial charge in [-0.25, -0.2) is 0 Å². The standard InChI is InChI=1S/C16H22N2O/c1-4-15(3)11-16(12-17,9-10-19-15)18-14-8-6-5-7-13(14)2/h5-8,18H,4,9-11H2,1-3H3. The summed E-state index contributed by atoms with van der Waals surface area (Å²) >= 11 is 0. The molecule has 0 spiro atoms. The van der Waals surface area contributed by atoms with Crippen LogP contribution in [0.3, 0.4) is 0 Å². The highest BCUT2D eigenvalue weighted by Crippen LogP contribution is 2.36. The number of nitrogens with one attached hydrogen (secondary N) is 1. The normalized spacial score (nSPS) is 30.6. The van der Waals surface area contributed by atoms with Gasteiger partial charge in [0.1, 0.15) is 5.54 Å². The molecule has 3 nitrogen and oxygen atoms in total. The molecule has 0 radical (unpaired) electrons. The zero-order valence-corrected chi connectivity index (χ0v) is 12.0. The monoisotopic (exact) mass is 258 g/mol. The van der Waals surface area contributed by atoms with Gasteiger partial charge in [0.15, 0.2) is 0 Å². The third-order valence-corrected chi connectivity index (χ3v) is 4.14. The van der Waals surface area contributed by atoms with Crippen molar-refractivity contribution in [1.29, 1.82) is 5.26 Å². The Hall–Kier alpha value is -1.53. The summed E-state index contributed by atoms with van der Waals surface area (Å²) in [5.74, 6) is 0. The van der Waals surface area contributed by atoms with E-state index in [2.05, 4.69) is 38.2 Å². The Kier molecular flexibility index (Phi) is 3.82. The molecule has 1 N–H and O–H groups in total. The van der Waals surface area contributed by atoms with E-state index in [1.807, 2.05) is 18.2 Å². The van der Waals surface area contributed by atoms with Crippen molar-refractivity contribution in [3.05, 3.63) is 29.8 Å². The van der Waals surface area contributed by atoms with Gasteiger partial charge >= 0.3 is 0 Å². The van der Waals surface area contributed by atoms with Crippen molar-refractivity contribution >= 4 is 5.69 Å². The van der Waals surface area contributed by atoms with Crippen molar-refractivity contribution in [3.63, 3.8) is 0 Å². The Bertz CT molecular complexity index is 494. The number of hydrogen-bond acceptors (Lipinski definition) is 3. The molecule has 0 bridgehead atoms. The molecule has 2 atom stereocenters. The van der Waals surface area contributed by atoms with Gasteiger partial charge in [-0.1, -0.05) is 25.1 Å². The molecular weight excluding hydrogens is 236 g/mol. The Balaban J connectivity index is 2.24. The van der Waals surface area contributed by atoms with Crippen LogP contribution in [0.2, 0.25) is 0 Å². The number of anilines is 1. The maximum atomic E-state index is 9.65. The molecule has 2 rings (SSSR count). The predicted molar refractivity (Wildman–Crippen MR) is 77.0 cm³/mol. The molecule has 1 fully saturated rings. The van der Waals surface area contributed by atoms with E-state index in [4.69, 9.17) is 4.74 Å². The second-order valence-corrected chi connectivity index (χ2v) is 5.71. The van der Waals surface area contributed by atoms with Crippen LogP contribution in [0, 0.1) is 18.3 Å². The minimum Gasteiger partial charge on any atom is -0.375 e. The van der Waals surface area contributed by atoms with Crippen LogP contribution in [0.4, 0.5) is 5.69 Å². The number of nitrogens with zero attached hydrogens (tertiary/aromatic N) is 1. The lowest BCUT2D eigenvalue weighted by Crippen LogP contribution is -2.51. The summed E-state index contributed by atoms with van der Waals surface area (Å²) in [4.78, 5) is 0. The Morgan fingerprint density at radius 2 is 2.16 bits per heavy atom. The summed E-state index contributed by atoms with van der Waals surface area (Å²) in [6, 6.07) is 10.6. The summed E-state index contributed by atoms with van der Waals surface area (Å²) in [6.07, 6.45) is 2.38. The first-order valence-electron chi connectivity index (χ1n) is 6.92. The van der Waals surface area contributed by atoms with Crippen molar-refractivity contribution in [2.75, 3.05) is 11.9 Å². The van der Waals surface area contributed by atoms with E-state index in [0.29, 0.717) is 6.61 Å². The average molecular weight is 258 g/mol. The summed E-state index contributed by atoms with van der Waals surface area (Å²) in [5, 5.41) is 13.1. The molecule has 0 aromatic heterocycles. The van der Waals surface area contributed by atoms with Gasteiger partial charge in [-0.05, 0) is 31.9 Å². The molecule has 1 aliphatic heterocycles. The minimum absolute atomic E-state index is 0.205. The molecular formula is C16H22N2O. The second-order valence-electron chi connectivity index (χ2n) is 5.71. The van der Waals surface area contributed by atoms with E-state index in [-0.39, 0.29) is 5.60 Å². The maximum Gasteiger partial charge on any atom is 0.130 e. The van der Waals surface area contributed by atoms with Gasteiger partial charge in [0.25, 0.3) is 0 Å². The van der Waals surface area contributed by atoms with Crippen molar-refractivity contribution < 1.29 is 4.74 Å². The number of para-hydroxylation sites is 1. The molecule has 19 heavy (non-hydrogen) atoms. The molecule has 1 heterocycles. The minimum atomic E-state index is -0.519. The van der Waals surface area contributed by atoms with Gasteiger partial charge in [0.05, 0.1) is 18.3 Å². The smallest absolute Gasteiger partial charge is 0.130 e. The molecule has 3 heteroatoms. The SMILES string of the molecule is CCC1(C)CC(C#N)(Nc2ccccc2C)CCO1. The Labute approximate surface area is 115 Å². The zero-order chi connectivity index (χ0) is 13.9. The number of hydrogen-bond donors (Lipinski definition) is 1. The van der Waals surface area contributed by atoms with Crippen LogP contribution in [0.15, 0.2) is 24.3 Å². The molecule has 2 unspecified atom stereocenters. The summed E-state index contributed by atoms with van der Waals surface area (Å²) < 4.78 is 5.85. The third-order valence-electron chi connectivity index (χ3n) is 4.14. The van der Waals surface area contributed by atoms with E-state index in [9.17, 15) is 5.26 Å². The molecule has 1 aliphatic rings. The fourth-order valence-corrected chi connectivity index (χ4v) is 2.68. The first-order chi connectivity index (χ1) is 9.02. The lowest BCUT2D eigenvalue weighted by Gasteiger charge is -2.43. The van der Waals surface area contributed by atoms with Gasteiger partial charge in [-0.15, -0.1) is 0 Å². The fourth-order valence-electron chi connectivity index (χ4n) is 2.68. The third kappa shape index (κ3) is 2.90. The molecule has 0 aliphatic carbocycles. The van der Waals surface area contributed by atoms with Gasteiger partial charge in [0, 0.05) is 18.5 Å². The van der Waals surface area contributed by atoms with E-state index in [1.54, 1.807) is 0 Å². The number of benzene rings is 1. The topological polar surface area (TPSA) is 45.0 Å².